The van der Waals surface area contributed by atoms with Crippen LogP contribution in [0.25, 0.3) is 0 Å². The third kappa shape index (κ3) is 5.01. The highest BCUT2D eigenvalue weighted by Crippen LogP contribution is 2.14. The molecule has 1 fully saturated rings. The van der Waals surface area contributed by atoms with Gasteiger partial charge in [0.05, 0.1) is 17.7 Å². The second-order valence-corrected chi connectivity index (χ2v) is 5.34. The molecule has 1 atom stereocenters. The highest BCUT2D eigenvalue weighted by atomic mass is 16.5. The molecule has 0 aromatic heterocycles. The molecule has 2 rings (SSSR count). The van der Waals surface area contributed by atoms with Gasteiger partial charge in [0.1, 0.15) is 18.5 Å². The lowest BCUT2D eigenvalue weighted by Gasteiger charge is -2.32. The zero-order chi connectivity index (χ0) is 15.1. The van der Waals surface area contributed by atoms with Crippen LogP contribution in [0.15, 0.2) is 24.3 Å². The van der Waals surface area contributed by atoms with E-state index in [9.17, 15) is 5.11 Å². The van der Waals surface area contributed by atoms with E-state index >= 15 is 0 Å². The number of aliphatic hydroxyl groups excluding tert-OH is 1. The minimum absolute atomic E-state index is 0.260. The van der Waals surface area contributed by atoms with Crippen LogP contribution in [0, 0.1) is 11.3 Å². The monoisotopic (exact) mass is 290 g/mol. The van der Waals surface area contributed by atoms with Crippen LogP contribution in [0.1, 0.15) is 18.4 Å². The second-order valence-electron chi connectivity index (χ2n) is 5.34. The van der Waals surface area contributed by atoms with Gasteiger partial charge < -0.3 is 19.5 Å². The Morgan fingerprint density at radius 1 is 1.33 bits per heavy atom. The maximum absolute atomic E-state index is 10.0. The molecule has 1 aromatic rings. The van der Waals surface area contributed by atoms with Gasteiger partial charge in [0, 0.05) is 26.7 Å². The first-order chi connectivity index (χ1) is 10.2. The first kappa shape index (κ1) is 15.8. The van der Waals surface area contributed by atoms with E-state index in [-0.39, 0.29) is 6.61 Å². The highest BCUT2D eigenvalue weighted by Gasteiger charge is 2.20. The molecule has 1 aromatic carbocycles. The van der Waals surface area contributed by atoms with Crippen molar-refractivity contribution in [2.45, 2.75) is 25.0 Å². The summed E-state index contributed by atoms with van der Waals surface area (Å²) in [7, 11) is 1.75. The SMILES string of the molecule is COC1CCN(CC(O)COc2ccc(C#N)cc2)CC1. The molecule has 0 amide bonds. The number of nitrogens with zero attached hydrogens (tertiary/aromatic N) is 2. The van der Waals surface area contributed by atoms with Crippen molar-refractivity contribution in [3.8, 4) is 11.8 Å². The maximum Gasteiger partial charge on any atom is 0.119 e. The van der Waals surface area contributed by atoms with E-state index in [1.165, 1.54) is 0 Å². The molecule has 1 unspecified atom stereocenters. The van der Waals surface area contributed by atoms with Gasteiger partial charge in [0.15, 0.2) is 0 Å². The normalized spacial score (nSPS) is 18.1. The molecule has 114 valence electrons. The lowest BCUT2D eigenvalue weighted by atomic mass is 10.1. The molecule has 1 heterocycles. The molecule has 0 aliphatic carbocycles. The number of benzene rings is 1. The molecule has 1 aliphatic heterocycles. The maximum atomic E-state index is 10.0. The molecular formula is C16H22N2O3. The molecule has 1 aliphatic rings. The van der Waals surface area contributed by atoms with Crippen molar-refractivity contribution < 1.29 is 14.6 Å². The Bertz CT molecular complexity index is 461. The molecule has 0 saturated carbocycles. The highest BCUT2D eigenvalue weighted by molar-refractivity contribution is 5.34. The molecule has 0 spiro atoms. The predicted molar refractivity (Wildman–Crippen MR) is 79.1 cm³/mol. The Labute approximate surface area is 125 Å². The van der Waals surface area contributed by atoms with E-state index in [4.69, 9.17) is 14.7 Å². The van der Waals surface area contributed by atoms with E-state index in [2.05, 4.69) is 11.0 Å². The largest absolute Gasteiger partial charge is 0.491 e. The lowest BCUT2D eigenvalue weighted by molar-refractivity contribution is 0.0153. The van der Waals surface area contributed by atoms with Gasteiger partial charge in [-0.15, -0.1) is 0 Å². The van der Waals surface area contributed by atoms with Crippen LogP contribution in [-0.2, 0) is 4.74 Å². The number of ether oxygens (including phenoxy) is 2. The summed E-state index contributed by atoms with van der Waals surface area (Å²) >= 11 is 0. The van der Waals surface area contributed by atoms with Gasteiger partial charge >= 0.3 is 0 Å². The first-order valence-electron chi connectivity index (χ1n) is 7.27. The van der Waals surface area contributed by atoms with Crippen LogP contribution in [0.5, 0.6) is 5.75 Å². The molecule has 0 radical (unpaired) electrons. The van der Waals surface area contributed by atoms with Gasteiger partial charge in [-0.1, -0.05) is 0 Å². The second kappa shape index (κ2) is 7.99. The summed E-state index contributed by atoms with van der Waals surface area (Å²) in [4.78, 5) is 2.24. The quantitative estimate of drug-likeness (QED) is 0.858. The third-order valence-corrected chi connectivity index (χ3v) is 3.76. The smallest absolute Gasteiger partial charge is 0.119 e. The fourth-order valence-corrected chi connectivity index (χ4v) is 2.50. The number of piperidine rings is 1. The Kier molecular flexibility index (Phi) is 6.00. The zero-order valence-corrected chi connectivity index (χ0v) is 12.4. The van der Waals surface area contributed by atoms with Crippen LogP contribution in [0.3, 0.4) is 0 Å². The minimum atomic E-state index is -0.514. The van der Waals surface area contributed by atoms with Crippen molar-refractivity contribution in [3.05, 3.63) is 29.8 Å². The summed E-state index contributed by atoms with van der Waals surface area (Å²) in [6.45, 7) is 2.78. The Morgan fingerprint density at radius 3 is 2.57 bits per heavy atom. The predicted octanol–water partition coefficient (Wildman–Crippen LogP) is 1.41. The number of aliphatic hydroxyl groups is 1. The number of hydrogen-bond acceptors (Lipinski definition) is 5. The minimum Gasteiger partial charge on any atom is -0.491 e. The molecule has 1 saturated heterocycles. The topological polar surface area (TPSA) is 65.7 Å². The summed E-state index contributed by atoms with van der Waals surface area (Å²) in [6, 6.07) is 8.96. The Balaban J connectivity index is 1.69. The zero-order valence-electron chi connectivity index (χ0n) is 12.4. The van der Waals surface area contributed by atoms with E-state index in [0.717, 1.165) is 25.9 Å². The van der Waals surface area contributed by atoms with Gasteiger partial charge in [-0.3, -0.25) is 0 Å². The molecular weight excluding hydrogens is 268 g/mol. The van der Waals surface area contributed by atoms with Gasteiger partial charge in [0.2, 0.25) is 0 Å². The number of hydrogen-bond donors (Lipinski definition) is 1. The van der Waals surface area contributed by atoms with Crippen LogP contribution in [-0.4, -0.2) is 55.6 Å². The number of likely N-dealkylation sites (tertiary alicyclic amines) is 1. The van der Waals surface area contributed by atoms with E-state index in [1.54, 1.807) is 31.4 Å². The summed E-state index contributed by atoms with van der Waals surface area (Å²) in [5.41, 5.74) is 0.601. The molecule has 21 heavy (non-hydrogen) atoms. The van der Waals surface area contributed by atoms with Gasteiger partial charge in [-0.05, 0) is 37.1 Å². The fraction of sp³-hybridized carbons (Fsp3) is 0.562. The summed E-state index contributed by atoms with van der Waals surface area (Å²) < 4.78 is 10.9. The molecule has 0 bridgehead atoms. The van der Waals surface area contributed by atoms with Crippen LogP contribution >= 0.6 is 0 Å². The van der Waals surface area contributed by atoms with Crippen LogP contribution in [0.4, 0.5) is 0 Å². The standard InChI is InChI=1S/C16H22N2O3/c1-20-15-6-8-18(9-7-15)11-14(19)12-21-16-4-2-13(10-17)3-5-16/h2-5,14-15,19H,6-9,11-12H2,1H3. The Hall–Kier alpha value is -1.61. The van der Waals surface area contributed by atoms with Crippen molar-refractivity contribution in [3.63, 3.8) is 0 Å². The average Bonchev–Trinajstić information content (AvgIpc) is 2.54. The summed E-state index contributed by atoms with van der Waals surface area (Å²) in [5, 5.41) is 18.8. The lowest BCUT2D eigenvalue weighted by Crippen LogP contribution is -2.42. The van der Waals surface area contributed by atoms with Crippen molar-refractivity contribution in [1.82, 2.24) is 4.90 Å². The number of β-amino-alcohol motifs (C(OH)–C–C–N with tert-alkyl or cyclic N) is 1. The van der Waals surface area contributed by atoms with Crippen molar-refractivity contribution in [2.75, 3.05) is 33.4 Å². The first-order valence-corrected chi connectivity index (χ1v) is 7.27. The summed E-state index contributed by atoms with van der Waals surface area (Å²) in [5.74, 6) is 0.672. The number of rotatable bonds is 6. The molecule has 1 N–H and O–H groups in total. The van der Waals surface area contributed by atoms with Gasteiger partial charge in [-0.2, -0.15) is 5.26 Å². The van der Waals surface area contributed by atoms with Gasteiger partial charge in [-0.25, -0.2) is 0 Å². The third-order valence-electron chi connectivity index (χ3n) is 3.76. The number of methoxy groups -OCH3 is 1. The van der Waals surface area contributed by atoms with E-state index in [1.807, 2.05) is 0 Å². The van der Waals surface area contributed by atoms with E-state index in [0.29, 0.717) is 24.0 Å². The molecule has 5 nitrogen and oxygen atoms in total. The van der Waals surface area contributed by atoms with Crippen LogP contribution < -0.4 is 4.74 Å². The van der Waals surface area contributed by atoms with Gasteiger partial charge in [0.25, 0.3) is 0 Å². The van der Waals surface area contributed by atoms with Crippen molar-refractivity contribution in [1.29, 1.82) is 5.26 Å². The van der Waals surface area contributed by atoms with Crippen molar-refractivity contribution >= 4 is 0 Å². The molecule has 5 heteroatoms. The fourth-order valence-electron chi connectivity index (χ4n) is 2.50. The number of nitriles is 1. The Morgan fingerprint density at radius 2 is 2.00 bits per heavy atom. The average molecular weight is 290 g/mol. The summed E-state index contributed by atoms with van der Waals surface area (Å²) in [6.07, 6.45) is 1.87. The van der Waals surface area contributed by atoms with Crippen LogP contribution in [0.2, 0.25) is 0 Å². The van der Waals surface area contributed by atoms with Crippen molar-refractivity contribution in [2.24, 2.45) is 0 Å². The van der Waals surface area contributed by atoms with E-state index < -0.39 is 6.10 Å².